The monoisotopic (exact) mass is 193 g/mol. The minimum Gasteiger partial charge on any atom is -0.395 e. The van der Waals surface area contributed by atoms with Crippen LogP contribution >= 0.6 is 0 Å². The number of hydrogen-bond acceptors (Lipinski definition) is 5. The molecule has 0 fully saturated rings. The van der Waals surface area contributed by atoms with Gasteiger partial charge in [0.25, 0.3) is 0 Å². The van der Waals surface area contributed by atoms with Gasteiger partial charge in [0.05, 0.1) is 12.3 Å². The Bertz CT molecular complexity index is 438. The van der Waals surface area contributed by atoms with Gasteiger partial charge >= 0.3 is 0 Å². The molecule has 0 aromatic carbocycles. The summed E-state index contributed by atoms with van der Waals surface area (Å²) >= 11 is 0. The number of fused-ring (bicyclic) bond motifs is 1. The van der Waals surface area contributed by atoms with Crippen LogP contribution in [0.4, 0.5) is 5.82 Å². The molecule has 2 rings (SSSR count). The Hall–Kier alpha value is -1.69. The van der Waals surface area contributed by atoms with Crippen molar-refractivity contribution in [2.45, 2.75) is 6.92 Å². The summed E-state index contributed by atoms with van der Waals surface area (Å²) in [5.74, 6) is 0.647. The Morgan fingerprint density at radius 3 is 3.07 bits per heavy atom. The molecule has 2 heterocycles. The first-order valence-electron chi connectivity index (χ1n) is 4.33. The van der Waals surface area contributed by atoms with Crippen molar-refractivity contribution in [2.24, 2.45) is 0 Å². The molecule has 3 N–H and O–H groups in total. The van der Waals surface area contributed by atoms with Gasteiger partial charge in [-0.15, -0.1) is 0 Å². The highest BCUT2D eigenvalue weighted by Crippen LogP contribution is 2.17. The van der Waals surface area contributed by atoms with E-state index in [9.17, 15) is 0 Å². The average Bonchev–Trinajstić information content (AvgIpc) is 2.58. The van der Waals surface area contributed by atoms with E-state index in [1.165, 1.54) is 6.33 Å². The second-order valence-corrected chi connectivity index (χ2v) is 2.92. The highest BCUT2D eigenvalue weighted by molar-refractivity contribution is 5.86. The van der Waals surface area contributed by atoms with Gasteiger partial charge in [-0.25, -0.2) is 9.97 Å². The average molecular weight is 193 g/mol. The van der Waals surface area contributed by atoms with E-state index in [-0.39, 0.29) is 6.61 Å². The highest BCUT2D eigenvalue weighted by Gasteiger charge is 2.07. The molecule has 6 nitrogen and oxygen atoms in total. The molecule has 0 saturated carbocycles. The van der Waals surface area contributed by atoms with Crippen molar-refractivity contribution in [3.8, 4) is 0 Å². The number of aromatic amines is 1. The molecule has 0 aliphatic rings. The topological polar surface area (TPSA) is 86.7 Å². The van der Waals surface area contributed by atoms with Gasteiger partial charge in [0, 0.05) is 6.54 Å². The van der Waals surface area contributed by atoms with E-state index in [1.54, 1.807) is 0 Å². The van der Waals surface area contributed by atoms with Gasteiger partial charge < -0.3 is 10.4 Å². The van der Waals surface area contributed by atoms with Crippen LogP contribution in [0.3, 0.4) is 0 Å². The van der Waals surface area contributed by atoms with Gasteiger partial charge in [-0.2, -0.15) is 5.10 Å². The predicted octanol–water partition coefficient (Wildman–Crippen LogP) is 0.0655. The van der Waals surface area contributed by atoms with Crippen molar-refractivity contribution < 1.29 is 5.11 Å². The third-order valence-electron chi connectivity index (χ3n) is 1.92. The van der Waals surface area contributed by atoms with E-state index in [2.05, 4.69) is 25.5 Å². The van der Waals surface area contributed by atoms with Crippen molar-refractivity contribution in [1.82, 2.24) is 20.2 Å². The van der Waals surface area contributed by atoms with Crippen molar-refractivity contribution in [3.63, 3.8) is 0 Å². The molecule has 0 spiro atoms. The van der Waals surface area contributed by atoms with Crippen LogP contribution in [0, 0.1) is 6.92 Å². The molecule has 2 aromatic rings. The molecule has 0 aliphatic carbocycles. The quantitative estimate of drug-likeness (QED) is 0.642. The first-order chi connectivity index (χ1) is 6.83. The number of nitrogens with one attached hydrogen (secondary N) is 2. The van der Waals surface area contributed by atoms with E-state index >= 15 is 0 Å². The number of aliphatic hydroxyl groups excluding tert-OH is 1. The highest BCUT2D eigenvalue weighted by atomic mass is 16.3. The molecular formula is C8H11N5O. The molecule has 0 atom stereocenters. The summed E-state index contributed by atoms with van der Waals surface area (Å²) in [5, 5.41) is 18.6. The van der Waals surface area contributed by atoms with Crippen molar-refractivity contribution in [1.29, 1.82) is 0 Å². The zero-order valence-corrected chi connectivity index (χ0v) is 7.78. The SMILES string of the molecule is Cc1[nH]nc2c(NCCO)ncnc12. The fourth-order valence-corrected chi connectivity index (χ4v) is 1.26. The number of nitrogens with zero attached hydrogens (tertiary/aromatic N) is 3. The van der Waals surface area contributed by atoms with Gasteiger partial charge in [-0.1, -0.05) is 0 Å². The lowest BCUT2D eigenvalue weighted by Crippen LogP contribution is -2.07. The molecule has 14 heavy (non-hydrogen) atoms. The summed E-state index contributed by atoms with van der Waals surface area (Å²) in [4.78, 5) is 8.14. The minimum absolute atomic E-state index is 0.0644. The molecule has 0 bridgehead atoms. The van der Waals surface area contributed by atoms with Gasteiger partial charge in [0.2, 0.25) is 0 Å². The summed E-state index contributed by atoms with van der Waals surface area (Å²) in [6.07, 6.45) is 1.48. The lowest BCUT2D eigenvalue weighted by atomic mass is 10.3. The third kappa shape index (κ3) is 1.39. The Balaban J connectivity index is 2.44. The van der Waals surface area contributed by atoms with Crippen molar-refractivity contribution in [3.05, 3.63) is 12.0 Å². The third-order valence-corrected chi connectivity index (χ3v) is 1.92. The van der Waals surface area contributed by atoms with Crippen molar-refractivity contribution in [2.75, 3.05) is 18.5 Å². The smallest absolute Gasteiger partial charge is 0.158 e. The predicted molar refractivity (Wildman–Crippen MR) is 52.0 cm³/mol. The number of aliphatic hydroxyl groups is 1. The first-order valence-corrected chi connectivity index (χ1v) is 4.33. The first kappa shape index (κ1) is 8.89. The van der Waals surface area contributed by atoms with Crippen LogP contribution in [0.2, 0.25) is 0 Å². The van der Waals surface area contributed by atoms with Crippen LogP contribution in [-0.2, 0) is 0 Å². The zero-order chi connectivity index (χ0) is 9.97. The number of aryl methyl sites for hydroxylation is 1. The van der Waals surface area contributed by atoms with Gasteiger partial charge in [0.15, 0.2) is 11.3 Å². The number of aromatic nitrogens is 4. The Morgan fingerprint density at radius 2 is 2.29 bits per heavy atom. The number of hydrogen-bond donors (Lipinski definition) is 3. The second-order valence-electron chi connectivity index (χ2n) is 2.92. The summed E-state index contributed by atoms with van der Waals surface area (Å²) in [6.45, 7) is 2.42. The Labute approximate surface area is 80.4 Å². The lowest BCUT2D eigenvalue weighted by Gasteiger charge is -2.02. The van der Waals surface area contributed by atoms with Crippen LogP contribution in [0.1, 0.15) is 5.69 Å². The maximum atomic E-state index is 8.67. The maximum absolute atomic E-state index is 8.67. The lowest BCUT2D eigenvalue weighted by molar-refractivity contribution is 0.311. The van der Waals surface area contributed by atoms with Crippen molar-refractivity contribution >= 4 is 16.9 Å². The largest absolute Gasteiger partial charge is 0.395 e. The molecular weight excluding hydrogens is 182 g/mol. The summed E-state index contributed by atoms with van der Waals surface area (Å²) in [5.41, 5.74) is 2.42. The summed E-state index contributed by atoms with van der Waals surface area (Å²) < 4.78 is 0. The van der Waals surface area contributed by atoms with Crippen LogP contribution < -0.4 is 5.32 Å². The Kier molecular flexibility index (Phi) is 2.28. The van der Waals surface area contributed by atoms with E-state index in [0.29, 0.717) is 17.9 Å². The van der Waals surface area contributed by atoms with Gasteiger partial charge in [0.1, 0.15) is 11.8 Å². The molecule has 0 amide bonds. The Morgan fingerprint density at radius 1 is 1.43 bits per heavy atom. The molecule has 6 heteroatoms. The number of rotatable bonds is 3. The second kappa shape index (κ2) is 3.59. The van der Waals surface area contributed by atoms with E-state index in [4.69, 9.17) is 5.11 Å². The van der Waals surface area contributed by atoms with Crippen LogP contribution in [0.25, 0.3) is 11.0 Å². The summed E-state index contributed by atoms with van der Waals surface area (Å²) in [6, 6.07) is 0. The molecule has 0 unspecified atom stereocenters. The van der Waals surface area contributed by atoms with Gasteiger partial charge in [-0.3, -0.25) is 5.10 Å². The summed E-state index contributed by atoms with van der Waals surface area (Å²) in [7, 11) is 0. The van der Waals surface area contributed by atoms with E-state index < -0.39 is 0 Å². The van der Waals surface area contributed by atoms with E-state index in [1.807, 2.05) is 6.92 Å². The van der Waals surface area contributed by atoms with E-state index in [0.717, 1.165) is 11.2 Å². The van der Waals surface area contributed by atoms with Crippen LogP contribution in [0.15, 0.2) is 6.33 Å². The number of H-pyrrole nitrogens is 1. The normalized spacial score (nSPS) is 10.7. The molecule has 2 aromatic heterocycles. The standard InChI is InChI=1S/C8H11N5O/c1-5-6-7(13-12-5)8(9-2-3-14)11-4-10-6/h4,14H,2-3H2,1H3,(H,12,13)(H,9,10,11). The minimum atomic E-state index is 0.0644. The van der Waals surface area contributed by atoms with Crippen LogP contribution in [-0.4, -0.2) is 38.4 Å². The molecule has 74 valence electrons. The molecule has 0 radical (unpaired) electrons. The molecule has 0 aliphatic heterocycles. The van der Waals surface area contributed by atoms with Gasteiger partial charge in [-0.05, 0) is 6.92 Å². The maximum Gasteiger partial charge on any atom is 0.158 e. The van der Waals surface area contributed by atoms with Crippen LogP contribution in [0.5, 0.6) is 0 Å². The fourth-order valence-electron chi connectivity index (χ4n) is 1.26. The fraction of sp³-hybridized carbons (Fsp3) is 0.375. The number of anilines is 1. The molecule has 0 saturated heterocycles. The zero-order valence-electron chi connectivity index (χ0n) is 7.78.